The van der Waals surface area contributed by atoms with Gasteiger partial charge in [0.15, 0.2) is 0 Å². The topological polar surface area (TPSA) is 55.8 Å². The summed E-state index contributed by atoms with van der Waals surface area (Å²) >= 11 is 1.61. The molecule has 6 heteroatoms. The SMILES string of the molecule is C=C(CCCC)N(Cc1ccc(C(=O)OC)cc1)C(=C\C)/C=C(\Cc1cccs1)C(=O)OC. The van der Waals surface area contributed by atoms with Gasteiger partial charge in [0.2, 0.25) is 0 Å². The Kier molecular flexibility index (Phi) is 10.6. The van der Waals surface area contributed by atoms with E-state index in [1.165, 1.54) is 14.2 Å². The second kappa shape index (κ2) is 13.4. The molecule has 1 aromatic heterocycles. The molecule has 0 spiro atoms. The number of methoxy groups -OCH3 is 2. The maximum Gasteiger partial charge on any atom is 0.337 e. The fourth-order valence-corrected chi connectivity index (χ4v) is 4.09. The zero-order valence-corrected chi connectivity index (χ0v) is 20.7. The van der Waals surface area contributed by atoms with Gasteiger partial charge in [-0.05, 0) is 55.0 Å². The second-order valence-corrected chi connectivity index (χ2v) is 8.61. The highest BCUT2D eigenvalue weighted by Crippen LogP contribution is 2.25. The zero-order chi connectivity index (χ0) is 24.2. The first-order valence-corrected chi connectivity index (χ1v) is 11.9. The highest BCUT2D eigenvalue weighted by atomic mass is 32.1. The molecule has 0 radical (unpaired) electrons. The molecule has 0 aliphatic heterocycles. The third-order valence-electron chi connectivity index (χ3n) is 5.24. The molecule has 0 saturated heterocycles. The van der Waals surface area contributed by atoms with Crippen molar-refractivity contribution in [2.75, 3.05) is 14.2 Å². The van der Waals surface area contributed by atoms with Gasteiger partial charge in [-0.2, -0.15) is 0 Å². The molecule has 5 nitrogen and oxygen atoms in total. The number of esters is 2. The lowest BCUT2D eigenvalue weighted by Crippen LogP contribution is -2.22. The van der Waals surface area contributed by atoms with Gasteiger partial charge in [-0.15, -0.1) is 11.3 Å². The molecule has 0 aliphatic carbocycles. The van der Waals surface area contributed by atoms with E-state index in [2.05, 4.69) is 18.4 Å². The van der Waals surface area contributed by atoms with Crippen LogP contribution in [0.3, 0.4) is 0 Å². The first kappa shape index (κ1) is 26.1. The molecule has 0 fully saturated rings. The van der Waals surface area contributed by atoms with E-state index in [0.717, 1.165) is 41.1 Å². The third kappa shape index (κ3) is 7.75. The summed E-state index contributed by atoms with van der Waals surface area (Å²) < 4.78 is 9.85. The summed E-state index contributed by atoms with van der Waals surface area (Å²) in [5, 5.41) is 2.00. The molecule has 0 atom stereocenters. The van der Waals surface area contributed by atoms with E-state index in [0.29, 0.717) is 24.1 Å². The number of allylic oxidation sites excluding steroid dienone is 3. The first-order chi connectivity index (χ1) is 15.9. The fourth-order valence-electron chi connectivity index (χ4n) is 3.36. The average Bonchev–Trinajstić information content (AvgIpc) is 3.36. The number of carbonyl (C=O) groups excluding carboxylic acids is 2. The van der Waals surface area contributed by atoms with Crippen LogP contribution in [0.5, 0.6) is 0 Å². The number of hydrogen-bond donors (Lipinski definition) is 0. The van der Waals surface area contributed by atoms with Crippen LogP contribution in [-0.4, -0.2) is 31.1 Å². The second-order valence-electron chi connectivity index (χ2n) is 7.58. The van der Waals surface area contributed by atoms with Crippen molar-refractivity contribution in [2.24, 2.45) is 0 Å². The molecule has 2 rings (SSSR count). The lowest BCUT2D eigenvalue weighted by molar-refractivity contribution is -0.136. The van der Waals surface area contributed by atoms with Crippen molar-refractivity contribution in [1.29, 1.82) is 0 Å². The van der Waals surface area contributed by atoms with Gasteiger partial charge in [-0.3, -0.25) is 0 Å². The normalized spacial score (nSPS) is 11.8. The van der Waals surface area contributed by atoms with Crippen molar-refractivity contribution < 1.29 is 19.1 Å². The summed E-state index contributed by atoms with van der Waals surface area (Å²) in [6.07, 6.45) is 7.32. The van der Waals surface area contributed by atoms with Crippen molar-refractivity contribution in [2.45, 2.75) is 46.1 Å². The van der Waals surface area contributed by atoms with Crippen LogP contribution in [0.2, 0.25) is 0 Å². The Bertz CT molecular complexity index is 988. The summed E-state index contributed by atoms with van der Waals surface area (Å²) in [5.41, 5.74) is 3.96. The zero-order valence-electron chi connectivity index (χ0n) is 19.9. The van der Waals surface area contributed by atoms with Gasteiger partial charge in [0.05, 0.1) is 19.8 Å². The number of carbonyl (C=O) groups is 2. The van der Waals surface area contributed by atoms with E-state index in [4.69, 9.17) is 9.47 Å². The Hall–Kier alpha value is -3.12. The number of benzene rings is 1. The number of thiophene rings is 1. The molecule has 0 unspecified atom stereocenters. The fraction of sp³-hybridized carbons (Fsp3) is 0.333. The highest BCUT2D eigenvalue weighted by Gasteiger charge is 2.17. The van der Waals surface area contributed by atoms with Crippen molar-refractivity contribution >= 4 is 23.3 Å². The summed E-state index contributed by atoms with van der Waals surface area (Å²) in [6.45, 7) is 8.99. The number of unbranched alkanes of at least 4 members (excludes halogenated alkanes) is 1. The predicted molar refractivity (Wildman–Crippen MR) is 134 cm³/mol. The molecule has 0 aliphatic rings. The molecule has 1 heterocycles. The maximum atomic E-state index is 12.5. The molecule has 2 aromatic rings. The van der Waals surface area contributed by atoms with Crippen LogP contribution in [0, 0.1) is 0 Å². The third-order valence-corrected chi connectivity index (χ3v) is 6.11. The maximum absolute atomic E-state index is 12.5. The van der Waals surface area contributed by atoms with E-state index in [1.54, 1.807) is 23.5 Å². The van der Waals surface area contributed by atoms with Gasteiger partial charge in [-0.1, -0.05) is 44.2 Å². The number of rotatable bonds is 12. The van der Waals surface area contributed by atoms with Crippen LogP contribution in [0.15, 0.2) is 77.5 Å². The highest BCUT2D eigenvalue weighted by molar-refractivity contribution is 7.09. The van der Waals surface area contributed by atoms with Crippen LogP contribution in [-0.2, 0) is 27.2 Å². The van der Waals surface area contributed by atoms with Gasteiger partial charge >= 0.3 is 11.9 Å². The molecular weight excluding hydrogens is 434 g/mol. The standard InChI is InChI=1S/C27H33NO4S/c1-6-8-10-20(3)28(19-21-12-14-22(15-13-21)26(29)31-4)24(7-2)17-23(27(30)32-5)18-25-11-9-16-33-25/h7,9,11-17H,3,6,8,10,18-19H2,1-2,4-5H3/b23-17+,24-7-. The minimum atomic E-state index is -0.362. The minimum Gasteiger partial charge on any atom is -0.466 e. The Morgan fingerprint density at radius 2 is 1.85 bits per heavy atom. The molecule has 0 bridgehead atoms. The van der Waals surface area contributed by atoms with Crippen LogP contribution >= 0.6 is 11.3 Å². The Morgan fingerprint density at radius 3 is 2.39 bits per heavy atom. The van der Waals surface area contributed by atoms with E-state index < -0.39 is 0 Å². The van der Waals surface area contributed by atoms with Gasteiger partial charge in [0, 0.05) is 34.8 Å². The van der Waals surface area contributed by atoms with Gasteiger partial charge in [0.25, 0.3) is 0 Å². The monoisotopic (exact) mass is 467 g/mol. The Balaban J connectivity index is 2.37. The number of ether oxygens (including phenoxy) is 2. The molecule has 0 saturated carbocycles. The van der Waals surface area contributed by atoms with Gasteiger partial charge < -0.3 is 14.4 Å². The molecule has 33 heavy (non-hydrogen) atoms. The van der Waals surface area contributed by atoms with Crippen molar-refractivity contribution in [3.63, 3.8) is 0 Å². The van der Waals surface area contributed by atoms with Crippen LogP contribution in [0.1, 0.15) is 53.9 Å². The molecule has 1 aromatic carbocycles. The predicted octanol–water partition coefficient (Wildman–Crippen LogP) is 6.29. The van der Waals surface area contributed by atoms with E-state index in [9.17, 15) is 9.59 Å². The minimum absolute atomic E-state index is 0.343. The summed E-state index contributed by atoms with van der Waals surface area (Å²) in [5.74, 6) is -0.705. The van der Waals surface area contributed by atoms with Crippen molar-refractivity contribution in [1.82, 2.24) is 4.90 Å². The average molecular weight is 468 g/mol. The largest absolute Gasteiger partial charge is 0.466 e. The van der Waals surface area contributed by atoms with Crippen LogP contribution < -0.4 is 0 Å². The lowest BCUT2D eigenvalue weighted by Gasteiger charge is -2.29. The number of nitrogens with zero attached hydrogens (tertiary/aromatic N) is 1. The summed E-state index contributed by atoms with van der Waals surface area (Å²) in [4.78, 5) is 27.5. The van der Waals surface area contributed by atoms with Gasteiger partial charge in [-0.25, -0.2) is 9.59 Å². The van der Waals surface area contributed by atoms with Crippen molar-refractivity contribution in [3.05, 3.63) is 93.5 Å². The first-order valence-electron chi connectivity index (χ1n) is 11.0. The van der Waals surface area contributed by atoms with E-state index >= 15 is 0 Å². The van der Waals surface area contributed by atoms with E-state index in [-0.39, 0.29) is 11.9 Å². The quantitative estimate of drug-likeness (QED) is 0.209. The molecule has 176 valence electrons. The lowest BCUT2D eigenvalue weighted by atomic mass is 10.1. The summed E-state index contributed by atoms with van der Waals surface area (Å²) in [7, 11) is 2.77. The Labute approximate surface area is 201 Å². The summed E-state index contributed by atoms with van der Waals surface area (Å²) in [6, 6.07) is 11.3. The van der Waals surface area contributed by atoms with Crippen LogP contribution in [0.4, 0.5) is 0 Å². The molecular formula is C27H33NO4S. The number of hydrogen-bond acceptors (Lipinski definition) is 6. The van der Waals surface area contributed by atoms with Gasteiger partial charge in [0.1, 0.15) is 0 Å². The smallest absolute Gasteiger partial charge is 0.337 e. The van der Waals surface area contributed by atoms with Crippen molar-refractivity contribution in [3.8, 4) is 0 Å². The molecule has 0 N–H and O–H groups in total. The molecule has 0 amide bonds. The Morgan fingerprint density at radius 1 is 1.12 bits per heavy atom. The van der Waals surface area contributed by atoms with Crippen LogP contribution in [0.25, 0.3) is 0 Å². The van der Waals surface area contributed by atoms with E-state index in [1.807, 2.05) is 48.7 Å².